The van der Waals surface area contributed by atoms with Gasteiger partial charge in [0.25, 0.3) is 0 Å². The zero-order valence-electron chi connectivity index (χ0n) is 12.3. The predicted molar refractivity (Wildman–Crippen MR) is 85.3 cm³/mol. The molecule has 1 aromatic carbocycles. The maximum absolute atomic E-state index is 4.45. The average molecular weight is 278 g/mol. The van der Waals surface area contributed by atoms with Crippen LogP contribution in [0.5, 0.6) is 0 Å². The lowest BCUT2D eigenvalue weighted by Gasteiger charge is -2.16. The molecular formula is C17H18N4. The van der Waals surface area contributed by atoms with Crippen LogP contribution in [0.1, 0.15) is 5.56 Å². The highest BCUT2D eigenvalue weighted by Gasteiger charge is 2.07. The van der Waals surface area contributed by atoms with Gasteiger partial charge in [0.2, 0.25) is 0 Å². The fourth-order valence-electron chi connectivity index (χ4n) is 2.36. The Hall–Kier alpha value is -2.62. The summed E-state index contributed by atoms with van der Waals surface area (Å²) in [6.07, 6.45) is 7.43. The predicted octanol–water partition coefficient (Wildman–Crippen LogP) is 3.06. The topological polar surface area (TPSA) is 34.0 Å². The standard InChI is InChI=1S/C17H18N4/c1-20(2)17-16(4-3-9-19-17)15-7-5-14(6-8-15)12-21-11-10-18-13-21/h3-11,13H,12H2,1-2H3. The monoisotopic (exact) mass is 278 g/mol. The largest absolute Gasteiger partial charge is 0.362 e. The molecule has 0 aliphatic heterocycles. The van der Waals surface area contributed by atoms with Gasteiger partial charge in [0, 0.05) is 44.8 Å². The van der Waals surface area contributed by atoms with Gasteiger partial charge in [-0.15, -0.1) is 0 Å². The Bertz CT molecular complexity index is 700. The van der Waals surface area contributed by atoms with Crippen molar-refractivity contribution in [2.75, 3.05) is 19.0 Å². The SMILES string of the molecule is CN(C)c1ncccc1-c1ccc(Cn2ccnc2)cc1. The van der Waals surface area contributed by atoms with Crippen molar-refractivity contribution in [3.05, 3.63) is 66.9 Å². The van der Waals surface area contributed by atoms with E-state index in [-0.39, 0.29) is 0 Å². The first kappa shape index (κ1) is 13.4. The van der Waals surface area contributed by atoms with E-state index in [9.17, 15) is 0 Å². The lowest BCUT2D eigenvalue weighted by Crippen LogP contribution is -2.11. The van der Waals surface area contributed by atoms with Gasteiger partial charge < -0.3 is 9.47 Å². The van der Waals surface area contributed by atoms with Crippen LogP contribution in [0.4, 0.5) is 5.82 Å². The van der Waals surface area contributed by atoms with E-state index in [0.29, 0.717) is 0 Å². The van der Waals surface area contributed by atoms with Crippen LogP contribution in [-0.4, -0.2) is 28.6 Å². The second-order valence-corrected chi connectivity index (χ2v) is 5.20. The Kier molecular flexibility index (Phi) is 3.69. The van der Waals surface area contributed by atoms with E-state index in [1.807, 2.05) is 43.8 Å². The van der Waals surface area contributed by atoms with Gasteiger partial charge >= 0.3 is 0 Å². The Morgan fingerprint density at radius 1 is 1.05 bits per heavy atom. The summed E-state index contributed by atoms with van der Waals surface area (Å²) in [5, 5.41) is 0. The quantitative estimate of drug-likeness (QED) is 0.735. The van der Waals surface area contributed by atoms with Crippen molar-refractivity contribution in [2.24, 2.45) is 0 Å². The smallest absolute Gasteiger partial charge is 0.135 e. The van der Waals surface area contributed by atoms with Gasteiger partial charge in [0.15, 0.2) is 0 Å². The number of hydrogen-bond donors (Lipinski definition) is 0. The molecule has 2 heterocycles. The normalized spacial score (nSPS) is 10.6. The van der Waals surface area contributed by atoms with Crippen LogP contribution in [0.15, 0.2) is 61.3 Å². The molecule has 3 aromatic rings. The van der Waals surface area contributed by atoms with Crippen molar-refractivity contribution in [3.8, 4) is 11.1 Å². The molecule has 21 heavy (non-hydrogen) atoms. The summed E-state index contributed by atoms with van der Waals surface area (Å²) in [7, 11) is 4.03. The van der Waals surface area contributed by atoms with Crippen LogP contribution in [0.25, 0.3) is 11.1 Å². The van der Waals surface area contributed by atoms with E-state index >= 15 is 0 Å². The number of nitrogens with zero attached hydrogens (tertiary/aromatic N) is 4. The summed E-state index contributed by atoms with van der Waals surface area (Å²) in [5.41, 5.74) is 3.59. The Balaban J connectivity index is 1.87. The number of rotatable bonds is 4. The Morgan fingerprint density at radius 2 is 1.86 bits per heavy atom. The molecule has 0 radical (unpaired) electrons. The van der Waals surface area contributed by atoms with Crippen LogP contribution in [0.3, 0.4) is 0 Å². The highest BCUT2D eigenvalue weighted by Crippen LogP contribution is 2.27. The first-order valence-corrected chi connectivity index (χ1v) is 6.91. The lowest BCUT2D eigenvalue weighted by molar-refractivity contribution is 0.797. The van der Waals surface area contributed by atoms with Gasteiger partial charge in [0.1, 0.15) is 5.82 Å². The first-order valence-electron chi connectivity index (χ1n) is 6.91. The molecule has 4 nitrogen and oxygen atoms in total. The van der Waals surface area contributed by atoms with Crippen LogP contribution in [-0.2, 0) is 6.54 Å². The molecule has 0 spiro atoms. The fraction of sp³-hybridized carbons (Fsp3) is 0.176. The van der Waals surface area contributed by atoms with Crippen molar-refractivity contribution >= 4 is 5.82 Å². The van der Waals surface area contributed by atoms with Gasteiger partial charge in [-0.3, -0.25) is 0 Å². The van der Waals surface area contributed by atoms with Crippen molar-refractivity contribution in [2.45, 2.75) is 6.54 Å². The molecule has 0 saturated carbocycles. The molecule has 0 unspecified atom stereocenters. The Labute approximate surface area is 124 Å². The highest BCUT2D eigenvalue weighted by atomic mass is 15.1. The van der Waals surface area contributed by atoms with Crippen molar-refractivity contribution in [3.63, 3.8) is 0 Å². The lowest BCUT2D eigenvalue weighted by atomic mass is 10.0. The minimum atomic E-state index is 0.841. The van der Waals surface area contributed by atoms with Crippen molar-refractivity contribution in [1.82, 2.24) is 14.5 Å². The third-order valence-electron chi connectivity index (χ3n) is 3.40. The molecule has 0 saturated heterocycles. The first-order chi connectivity index (χ1) is 10.2. The fourth-order valence-corrected chi connectivity index (χ4v) is 2.36. The molecule has 4 heteroatoms. The summed E-state index contributed by atoms with van der Waals surface area (Å²) < 4.78 is 2.06. The van der Waals surface area contributed by atoms with Crippen molar-refractivity contribution < 1.29 is 0 Å². The maximum atomic E-state index is 4.45. The van der Waals surface area contributed by atoms with Crippen LogP contribution < -0.4 is 4.90 Å². The number of pyridine rings is 1. The van der Waals surface area contributed by atoms with Crippen LogP contribution in [0, 0.1) is 0 Å². The minimum absolute atomic E-state index is 0.841. The molecular weight excluding hydrogens is 260 g/mol. The Morgan fingerprint density at radius 3 is 2.52 bits per heavy atom. The molecule has 106 valence electrons. The number of anilines is 1. The zero-order valence-corrected chi connectivity index (χ0v) is 12.3. The van der Waals surface area contributed by atoms with E-state index in [1.165, 1.54) is 11.1 Å². The maximum Gasteiger partial charge on any atom is 0.135 e. The van der Waals surface area contributed by atoms with Gasteiger partial charge in [-0.2, -0.15) is 0 Å². The molecule has 0 aliphatic carbocycles. The summed E-state index contributed by atoms with van der Waals surface area (Å²) in [4.78, 5) is 10.6. The van der Waals surface area contributed by atoms with Gasteiger partial charge in [-0.25, -0.2) is 9.97 Å². The molecule has 0 fully saturated rings. The second-order valence-electron chi connectivity index (χ2n) is 5.20. The third-order valence-corrected chi connectivity index (χ3v) is 3.40. The van der Waals surface area contributed by atoms with Gasteiger partial charge in [0.05, 0.1) is 6.33 Å². The number of hydrogen-bond acceptors (Lipinski definition) is 3. The molecule has 0 bridgehead atoms. The van der Waals surface area contributed by atoms with Gasteiger partial charge in [-0.05, 0) is 23.3 Å². The third kappa shape index (κ3) is 2.94. The molecule has 0 N–H and O–H groups in total. The summed E-state index contributed by atoms with van der Waals surface area (Å²) in [5.74, 6) is 0.986. The highest BCUT2D eigenvalue weighted by molar-refractivity contribution is 5.75. The number of aromatic nitrogens is 3. The van der Waals surface area contributed by atoms with E-state index in [4.69, 9.17) is 0 Å². The molecule has 0 amide bonds. The van der Waals surface area contributed by atoms with Crippen LogP contribution in [0.2, 0.25) is 0 Å². The van der Waals surface area contributed by atoms with Crippen LogP contribution >= 0.6 is 0 Å². The molecule has 3 rings (SSSR count). The van der Waals surface area contributed by atoms with Gasteiger partial charge in [-0.1, -0.05) is 24.3 Å². The van der Waals surface area contributed by atoms with E-state index < -0.39 is 0 Å². The minimum Gasteiger partial charge on any atom is -0.362 e. The van der Waals surface area contributed by atoms with E-state index in [0.717, 1.165) is 17.9 Å². The van der Waals surface area contributed by atoms with Crippen molar-refractivity contribution in [1.29, 1.82) is 0 Å². The average Bonchev–Trinajstić information content (AvgIpc) is 3.01. The second kappa shape index (κ2) is 5.79. The van der Waals surface area contributed by atoms with E-state index in [1.54, 1.807) is 6.20 Å². The molecule has 2 aromatic heterocycles. The molecule has 0 aliphatic rings. The zero-order chi connectivity index (χ0) is 14.7. The molecule has 0 atom stereocenters. The summed E-state index contributed by atoms with van der Waals surface area (Å²) in [6, 6.07) is 12.7. The van der Waals surface area contributed by atoms with E-state index in [2.05, 4.69) is 44.9 Å². The number of benzene rings is 1. The summed E-state index contributed by atoms with van der Waals surface area (Å²) in [6.45, 7) is 0.841. The summed E-state index contributed by atoms with van der Waals surface area (Å²) >= 11 is 0. The number of imidazole rings is 1.